The van der Waals surface area contributed by atoms with Crippen LogP contribution in [-0.2, 0) is 0 Å². The highest BCUT2D eigenvalue weighted by atomic mass is 15.5. The minimum absolute atomic E-state index is 0.392. The van der Waals surface area contributed by atoms with Gasteiger partial charge in [-0.25, -0.2) is 5.01 Å². The zero-order chi connectivity index (χ0) is 23.7. The SMILES string of the molecule is CN(C)CCN(C)c1ccc(NC2=NN3C(=NCC3C#N)C(NC3CC3)=C2)cc1-n1cnnc1. The third-order valence-corrected chi connectivity index (χ3v) is 5.99. The highest BCUT2D eigenvalue weighted by molar-refractivity contribution is 6.13. The van der Waals surface area contributed by atoms with E-state index in [4.69, 9.17) is 0 Å². The van der Waals surface area contributed by atoms with Gasteiger partial charge in [0.2, 0.25) is 0 Å². The fourth-order valence-electron chi connectivity index (χ4n) is 3.93. The van der Waals surface area contributed by atoms with E-state index in [2.05, 4.69) is 80.1 Å². The number of nitrogens with one attached hydrogen (secondary N) is 2. The highest BCUT2D eigenvalue weighted by Crippen LogP contribution is 2.29. The molecular weight excluding hydrogens is 430 g/mol. The molecule has 5 rings (SSSR count). The molecule has 176 valence electrons. The van der Waals surface area contributed by atoms with Gasteiger partial charge in [-0.05, 0) is 45.1 Å². The molecule has 0 radical (unpaired) electrons. The fourth-order valence-corrected chi connectivity index (χ4v) is 3.93. The molecule has 1 saturated carbocycles. The lowest BCUT2D eigenvalue weighted by molar-refractivity contribution is 0.416. The smallest absolute Gasteiger partial charge is 0.169 e. The van der Waals surface area contributed by atoms with E-state index in [0.717, 1.165) is 54.5 Å². The number of aliphatic imine (C=N–C) groups is 1. The molecule has 1 aliphatic carbocycles. The van der Waals surface area contributed by atoms with Crippen LogP contribution in [0.2, 0.25) is 0 Å². The maximum Gasteiger partial charge on any atom is 0.169 e. The van der Waals surface area contributed by atoms with Gasteiger partial charge < -0.3 is 20.4 Å². The van der Waals surface area contributed by atoms with Crippen molar-refractivity contribution in [3.63, 3.8) is 0 Å². The van der Waals surface area contributed by atoms with Crippen LogP contribution >= 0.6 is 0 Å². The maximum absolute atomic E-state index is 9.55. The zero-order valence-corrected chi connectivity index (χ0v) is 19.7. The van der Waals surface area contributed by atoms with Crippen molar-refractivity contribution in [1.29, 1.82) is 5.26 Å². The van der Waals surface area contributed by atoms with Gasteiger partial charge in [-0.15, -0.1) is 10.2 Å². The Balaban J connectivity index is 1.43. The molecule has 0 saturated heterocycles. The molecule has 0 amide bonds. The molecular formula is C23H29N11. The monoisotopic (exact) mass is 459 g/mol. The molecule has 1 aromatic carbocycles. The molecule has 3 heterocycles. The van der Waals surface area contributed by atoms with Crippen LogP contribution in [0.4, 0.5) is 11.4 Å². The molecule has 11 nitrogen and oxygen atoms in total. The first-order chi connectivity index (χ1) is 16.5. The lowest BCUT2D eigenvalue weighted by atomic mass is 10.2. The molecule has 1 atom stereocenters. The molecule has 1 fully saturated rings. The highest BCUT2D eigenvalue weighted by Gasteiger charge is 2.35. The predicted molar refractivity (Wildman–Crippen MR) is 132 cm³/mol. The number of likely N-dealkylation sites (N-methyl/N-ethyl adjacent to an activating group) is 2. The van der Waals surface area contributed by atoms with Gasteiger partial charge in [0.25, 0.3) is 0 Å². The topological polar surface area (TPSA) is 113 Å². The first kappa shape index (κ1) is 21.9. The van der Waals surface area contributed by atoms with Crippen molar-refractivity contribution in [1.82, 2.24) is 30.0 Å². The van der Waals surface area contributed by atoms with Gasteiger partial charge >= 0.3 is 0 Å². The Bertz CT molecular complexity index is 1170. The number of benzene rings is 1. The second-order valence-electron chi connectivity index (χ2n) is 9.04. The number of rotatable bonds is 8. The molecule has 11 heteroatoms. The average Bonchev–Trinajstić information content (AvgIpc) is 3.30. The quantitative estimate of drug-likeness (QED) is 0.606. The third kappa shape index (κ3) is 4.58. The van der Waals surface area contributed by atoms with Gasteiger partial charge in [0, 0.05) is 37.9 Å². The predicted octanol–water partition coefficient (Wildman–Crippen LogP) is 1.25. The molecule has 2 N–H and O–H groups in total. The summed E-state index contributed by atoms with van der Waals surface area (Å²) in [4.78, 5) is 8.93. The van der Waals surface area contributed by atoms with E-state index in [0.29, 0.717) is 18.4 Å². The van der Waals surface area contributed by atoms with Gasteiger partial charge in [-0.1, -0.05) is 0 Å². The minimum Gasteiger partial charge on any atom is -0.379 e. The lowest BCUT2D eigenvalue weighted by Gasteiger charge is -2.27. The number of amidine groups is 2. The Morgan fingerprint density at radius 2 is 1.94 bits per heavy atom. The summed E-state index contributed by atoms with van der Waals surface area (Å²) in [6, 6.07) is 8.56. The minimum atomic E-state index is -0.392. The van der Waals surface area contributed by atoms with E-state index in [1.165, 1.54) is 0 Å². The number of nitrogens with zero attached hydrogens (tertiary/aromatic N) is 9. The summed E-state index contributed by atoms with van der Waals surface area (Å²) in [5.74, 6) is 1.40. The van der Waals surface area contributed by atoms with Crippen LogP contribution < -0.4 is 15.5 Å². The standard InChI is InChI=1S/C23H29N11/c1-31(2)8-9-32(3)20-7-6-17(10-21(20)33-14-26-27-15-33)29-22-11-19(28-16-4-5-16)23-25-13-18(12-24)34(23)30-22/h6-7,10-11,14-16,18,28H,4-5,8-9,13H2,1-3H3,(H,29,30). The molecule has 1 unspecified atom stereocenters. The van der Waals surface area contributed by atoms with Gasteiger partial charge in [0.1, 0.15) is 12.7 Å². The van der Waals surface area contributed by atoms with Crippen LogP contribution in [0.1, 0.15) is 12.8 Å². The van der Waals surface area contributed by atoms with Crippen molar-refractivity contribution in [2.45, 2.75) is 24.9 Å². The lowest BCUT2D eigenvalue weighted by Crippen LogP contribution is -2.40. The first-order valence-electron chi connectivity index (χ1n) is 11.4. The van der Waals surface area contributed by atoms with E-state index in [-0.39, 0.29) is 0 Å². The van der Waals surface area contributed by atoms with Gasteiger partial charge in [-0.2, -0.15) is 10.4 Å². The number of aromatic nitrogens is 3. The van der Waals surface area contributed by atoms with Gasteiger partial charge in [0.15, 0.2) is 17.7 Å². The summed E-state index contributed by atoms with van der Waals surface area (Å²) >= 11 is 0. The molecule has 3 aliphatic rings. The normalized spacial score (nSPS) is 19.2. The molecule has 0 bridgehead atoms. The molecule has 2 aromatic rings. The van der Waals surface area contributed by atoms with Crippen LogP contribution in [-0.4, -0.2) is 89.2 Å². The van der Waals surface area contributed by atoms with Crippen molar-refractivity contribution in [2.75, 3.05) is 51.0 Å². The van der Waals surface area contributed by atoms with Crippen molar-refractivity contribution >= 4 is 23.0 Å². The van der Waals surface area contributed by atoms with Crippen molar-refractivity contribution in [2.24, 2.45) is 10.1 Å². The number of nitriles is 1. The second-order valence-corrected chi connectivity index (χ2v) is 9.04. The Hall–Kier alpha value is -3.91. The van der Waals surface area contributed by atoms with Crippen LogP contribution in [0.25, 0.3) is 5.69 Å². The summed E-state index contributed by atoms with van der Waals surface area (Å²) in [6.07, 6.45) is 7.67. The van der Waals surface area contributed by atoms with E-state index < -0.39 is 6.04 Å². The van der Waals surface area contributed by atoms with Crippen molar-refractivity contribution < 1.29 is 0 Å². The molecule has 0 spiro atoms. The van der Waals surface area contributed by atoms with E-state index in [1.807, 2.05) is 16.7 Å². The number of hydrogen-bond acceptors (Lipinski definition) is 10. The molecule has 34 heavy (non-hydrogen) atoms. The zero-order valence-electron chi connectivity index (χ0n) is 19.7. The third-order valence-electron chi connectivity index (χ3n) is 5.99. The Morgan fingerprint density at radius 3 is 2.65 bits per heavy atom. The summed E-state index contributed by atoms with van der Waals surface area (Å²) in [7, 11) is 6.22. The van der Waals surface area contributed by atoms with Gasteiger partial charge in [0.05, 0.1) is 29.7 Å². The summed E-state index contributed by atoms with van der Waals surface area (Å²) in [5, 5.41) is 30.9. The van der Waals surface area contributed by atoms with E-state index >= 15 is 0 Å². The summed E-state index contributed by atoms with van der Waals surface area (Å²) in [6.45, 7) is 2.25. The van der Waals surface area contributed by atoms with Crippen molar-refractivity contribution in [3.05, 3.63) is 42.6 Å². The fraction of sp³-hybridized carbons (Fsp3) is 0.435. The number of anilines is 2. The van der Waals surface area contributed by atoms with Crippen molar-refractivity contribution in [3.8, 4) is 11.8 Å². The molecule has 2 aliphatic heterocycles. The first-order valence-corrected chi connectivity index (χ1v) is 11.4. The Labute approximate surface area is 199 Å². The summed E-state index contributed by atoms with van der Waals surface area (Å²) < 4.78 is 1.90. The second kappa shape index (κ2) is 9.15. The molecule has 1 aromatic heterocycles. The Morgan fingerprint density at radius 1 is 1.15 bits per heavy atom. The average molecular weight is 460 g/mol. The van der Waals surface area contributed by atoms with Crippen LogP contribution in [0.5, 0.6) is 0 Å². The largest absolute Gasteiger partial charge is 0.379 e. The van der Waals surface area contributed by atoms with Crippen LogP contribution in [0, 0.1) is 11.3 Å². The van der Waals surface area contributed by atoms with Crippen LogP contribution in [0.3, 0.4) is 0 Å². The number of fused-ring (bicyclic) bond motifs is 1. The number of hydrogen-bond donors (Lipinski definition) is 2. The van der Waals surface area contributed by atoms with Crippen LogP contribution in [0.15, 0.2) is 52.7 Å². The Kier molecular flexibility index (Phi) is 5.90. The van der Waals surface area contributed by atoms with E-state index in [9.17, 15) is 5.26 Å². The van der Waals surface area contributed by atoms with Gasteiger partial charge in [-0.3, -0.25) is 9.56 Å². The number of hydrazone groups is 1. The summed E-state index contributed by atoms with van der Waals surface area (Å²) in [5.41, 5.74) is 3.83. The maximum atomic E-state index is 9.55. The van der Waals surface area contributed by atoms with E-state index in [1.54, 1.807) is 17.7 Å².